The minimum absolute atomic E-state index is 0.152. The summed E-state index contributed by atoms with van der Waals surface area (Å²) in [5.41, 5.74) is 0. The van der Waals surface area contributed by atoms with Crippen LogP contribution < -0.4 is 0 Å². The van der Waals surface area contributed by atoms with Crippen LogP contribution >= 0.6 is 0 Å². The minimum Gasteiger partial charge on any atom is -0.481 e. The van der Waals surface area contributed by atoms with E-state index in [4.69, 9.17) is 5.11 Å². The molecule has 136 valence electrons. The van der Waals surface area contributed by atoms with Crippen LogP contribution in [0.4, 0.5) is 0 Å². The molecule has 0 saturated heterocycles. The van der Waals surface area contributed by atoms with Crippen LogP contribution in [-0.2, 0) is 4.79 Å². The minimum atomic E-state index is -0.669. The summed E-state index contributed by atoms with van der Waals surface area (Å²) in [7, 11) is 0. The molecule has 0 amide bonds. The highest BCUT2D eigenvalue weighted by atomic mass is 16.4. The highest BCUT2D eigenvalue weighted by Crippen LogP contribution is 2.12. The number of hydrogen-bond donors (Lipinski definition) is 2. The van der Waals surface area contributed by atoms with Gasteiger partial charge < -0.3 is 10.2 Å². The molecule has 0 rings (SSSR count). The molecule has 1 atom stereocenters. The van der Waals surface area contributed by atoms with Gasteiger partial charge in [0.25, 0.3) is 0 Å². The Morgan fingerprint density at radius 3 is 1.91 bits per heavy atom. The number of aliphatic carboxylic acids is 1. The van der Waals surface area contributed by atoms with Crippen molar-refractivity contribution in [2.75, 3.05) is 0 Å². The first-order chi connectivity index (χ1) is 11.2. The molecule has 0 aromatic heterocycles. The Bertz CT molecular complexity index is 287. The highest BCUT2D eigenvalue weighted by molar-refractivity contribution is 5.66. The lowest BCUT2D eigenvalue weighted by Crippen LogP contribution is -2.02. The van der Waals surface area contributed by atoms with E-state index in [1.807, 2.05) is 0 Å². The Morgan fingerprint density at radius 1 is 0.870 bits per heavy atom. The van der Waals surface area contributed by atoms with Gasteiger partial charge in [-0.2, -0.15) is 0 Å². The van der Waals surface area contributed by atoms with Crippen molar-refractivity contribution >= 4 is 5.97 Å². The second kappa shape index (κ2) is 17.5. The Kier molecular flexibility index (Phi) is 16.9. The van der Waals surface area contributed by atoms with Crippen molar-refractivity contribution in [2.45, 2.75) is 109 Å². The van der Waals surface area contributed by atoms with E-state index < -0.39 is 5.97 Å². The summed E-state index contributed by atoms with van der Waals surface area (Å²) >= 11 is 0. The van der Waals surface area contributed by atoms with E-state index in [2.05, 4.69) is 19.1 Å². The molecule has 1 unspecified atom stereocenters. The lowest BCUT2D eigenvalue weighted by molar-refractivity contribution is -0.137. The number of hydrogen-bond acceptors (Lipinski definition) is 2. The van der Waals surface area contributed by atoms with Gasteiger partial charge in [-0.05, 0) is 32.1 Å². The lowest BCUT2D eigenvalue weighted by Gasteiger charge is -2.04. The predicted octanol–water partition coefficient (Wildman–Crippen LogP) is 5.86. The molecule has 3 nitrogen and oxygen atoms in total. The molecule has 0 aliphatic heterocycles. The van der Waals surface area contributed by atoms with Gasteiger partial charge in [-0.25, -0.2) is 0 Å². The third kappa shape index (κ3) is 19.1. The van der Waals surface area contributed by atoms with Crippen LogP contribution in [0, 0.1) is 0 Å². The molecule has 0 bridgehead atoms. The average molecular weight is 327 g/mol. The molecule has 0 spiro atoms. The van der Waals surface area contributed by atoms with E-state index >= 15 is 0 Å². The van der Waals surface area contributed by atoms with Crippen molar-refractivity contribution in [1.82, 2.24) is 0 Å². The van der Waals surface area contributed by atoms with E-state index in [1.54, 1.807) is 0 Å². The Morgan fingerprint density at radius 2 is 1.39 bits per heavy atom. The molecule has 23 heavy (non-hydrogen) atoms. The maximum absolute atomic E-state index is 10.4. The fraction of sp³-hybridized carbons (Fsp3) is 0.850. The third-order valence-electron chi connectivity index (χ3n) is 4.21. The molecule has 0 fully saturated rings. The number of carboxylic acids is 1. The maximum atomic E-state index is 10.4. The first kappa shape index (κ1) is 22.2. The van der Waals surface area contributed by atoms with Crippen LogP contribution in [0.5, 0.6) is 0 Å². The number of carbonyl (C=O) groups is 1. The van der Waals surface area contributed by atoms with Crippen LogP contribution in [0.25, 0.3) is 0 Å². The summed E-state index contributed by atoms with van der Waals surface area (Å²) in [5.74, 6) is -0.669. The first-order valence-corrected chi connectivity index (χ1v) is 9.71. The van der Waals surface area contributed by atoms with Crippen LogP contribution in [0.3, 0.4) is 0 Å². The van der Waals surface area contributed by atoms with E-state index in [1.165, 1.54) is 51.4 Å². The van der Waals surface area contributed by atoms with E-state index in [-0.39, 0.29) is 6.10 Å². The van der Waals surface area contributed by atoms with Gasteiger partial charge in [0, 0.05) is 6.42 Å². The maximum Gasteiger partial charge on any atom is 0.303 e. The number of aliphatic hydroxyl groups is 1. The van der Waals surface area contributed by atoms with Crippen molar-refractivity contribution in [3.8, 4) is 0 Å². The molecule has 0 aromatic carbocycles. The zero-order valence-corrected chi connectivity index (χ0v) is 15.1. The van der Waals surface area contributed by atoms with E-state index in [0.717, 1.165) is 38.5 Å². The predicted molar refractivity (Wildman–Crippen MR) is 97.7 cm³/mol. The normalized spacial score (nSPS) is 12.8. The van der Waals surface area contributed by atoms with Crippen molar-refractivity contribution in [2.24, 2.45) is 0 Å². The fourth-order valence-corrected chi connectivity index (χ4v) is 2.77. The zero-order chi connectivity index (χ0) is 17.2. The van der Waals surface area contributed by atoms with Crippen molar-refractivity contribution in [3.05, 3.63) is 12.2 Å². The Balaban J connectivity index is 3.13. The number of carboxylic acid groups (broad SMARTS) is 1. The highest BCUT2D eigenvalue weighted by Gasteiger charge is 1.98. The average Bonchev–Trinajstić information content (AvgIpc) is 2.51. The monoisotopic (exact) mass is 326 g/mol. The Labute approximate surface area is 143 Å². The second-order valence-corrected chi connectivity index (χ2v) is 6.62. The molecule has 0 saturated carbocycles. The molecule has 3 heteroatoms. The number of unbranched alkanes of at least 4 members (excludes halogenated alkanes) is 10. The van der Waals surface area contributed by atoms with Crippen molar-refractivity contribution < 1.29 is 15.0 Å². The molecule has 2 N–H and O–H groups in total. The molecular weight excluding hydrogens is 288 g/mol. The molecular formula is C20H38O3. The van der Waals surface area contributed by atoms with E-state index in [0.29, 0.717) is 6.42 Å². The van der Waals surface area contributed by atoms with Gasteiger partial charge in [-0.1, -0.05) is 76.9 Å². The number of rotatable bonds is 17. The van der Waals surface area contributed by atoms with E-state index in [9.17, 15) is 9.90 Å². The fourth-order valence-electron chi connectivity index (χ4n) is 2.77. The molecule has 0 aromatic rings. The largest absolute Gasteiger partial charge is 0.481 e. The lowest BCUT2D eigenvalue weighted by atomic mass is 10.0. The molecule has 0 heterocycles. The summed E-state index contributed by atoms with van der Waals surface area (Å²) in [6, 6.07) is 0. The Hall–Kier alpha value is -0.830. The summed E-state index contributed by atoms with van der Waals surface area (Å²) in [5, 5.41) is 18.1. The van der Waals surface area contributed by atoms with Gasteiger partial charge >= 0.3 is 5.97 Å². The van der Waals surface area contributed by atoms with Crippen LogP contribution in [-0.4, -0.2) is 22.3 Å². The number of aliphatic hydroxyl groups excluding tert-OH is 1. The second-order valence-electron chi connectivity index (χ2n) is 6.62. The van der Waals surface area contributed by atoms with Gasteiger partial charge in [0.1, 0.15) is 0 Å². The first-order valence-electron chi connectivity index (χ1n) is 9.71. The van der Waals surface area contributed by atoms with Crippen molar-refractivity contribution in [1.29, 1.82) is 0 Å². The quantitative estimate of drug-likeness (QED) is 0.260. The molecule has 0 aliphatic carbocycles. The van der Waals surface area contributed by atoms with Gasteiger partial charge in [-0.3, -0.25) is 4.79 Å². The van der Waals surface area contributed by atoms with Crippen LogP contribution in [0.1, 0.15) is 103 Å². The summed E-state index contributed by atoms with van der Waals surface area (Å²) in [6.45, 7) is 2.10. The van der Waals surface area contributed by atoms with Crippen molar-refractivity contribution in [3.63, 3.8) is 0 Å². The smallest absolute Gasteiger partial charge is 0.303 e. The molecule has 0 radical (unpaired) electrons. The molecule has 0 aliphatic rings. The van der Waals surface area contributed by atoms with Crippen LogP contribution in [0.2, 0.25) is 0 Å². The number of allylic oxidation sites excluding steroid dienone is 1. The summed E-state index contributed by atoms with van der Waals surface area (Å²) in [4.78, 5) is 10.4. The van der Waals surface area contributed by atoms with Gasteiger partial charge in [-0.15, -0.1) is 0 Å². The summed E-state index contributed by atoms with van der Waals surface area (Å²) < 4.78 is 0. The van der Waals surface area contributed by atoms with Gasteiger partial charge in [0.05, 0.1) is 6.10 Å². The standard InChI is InChI=1S/C20H38O3/c1-2-16-19(21)17-14-12-10-8-6-4-3-5-7-9-11-13-15-18-20(22)23/h12,14,19,21H,2-11,13,15-18H2,1H3,(H,22,23)/b14-12-. The SMILES string of the molecule is CCCC(O)C/C=C\CCCCCCCCCCCCC(=O)O. The summed E-state index contributed by atoms with van der Waals surface area (Å²) in [6.07, 6.45) is 20.6. The topological polar surface area (TPSA) is 57.5 Å². The zero-order valence-electron chi connectivity index (χ0n) is 15.1. The van der Waals surface area contributed by atoms with Gasteiger partial charge in [0.15, 0.2) is 0 Å². The van der Waals surface area contributed by atoms with Crippen LogP contribution in [0.15, 0.2) is 12.2 Å². The third-order valence-corrected chi connectivity index (χ3v) is 4.21. The van der Waals surface area contributed by atoms with Gasteiger partial charge in [0.2, 0.25) is 0 Å².